The molecule has 12 heteroatoms. The number of halogens is 1. The zero-order valence-electron chi connectivity index (χ0n) is 21.4. The Balaban J connectivity index is 1.37. The maximum absolute atomic E-state index is 15.0. The Morgan fingerprint density at radius 2 is 1.84 bits per heavy atom. The highest BCUT2D eigenvalue weighted by molar-refractivity contribution is 5.90. The fourth-order valence-corrected chi connectivity index (χ4v) is 4.04. The molecule has 0 aliphatic carbocycles. The van der Waals surface area contributed by atoms with Crippen LogP contribution in [0.2, 0.25) is 0 Å². The summed E-state index contributed by atoms with van der Waals surface area (Å²) < 4.78 is 25.7. The largest absolute Gasteiger partial charge is 0.444 e. The molecule has 0 radical (unpaired) electrons. The number of piperazine rings is 1. The van der Waals surface area contributed by atoms with Gasteiger partial charge in [0.2, 0.25) is 11.9 Å². The molecule has 1 aromatic heterocycles. The molecule has 0 unspecified atom stereocenters. The predicted octanol–water partition coefficient (Wildman–Crippen LogP) is 2.80. The summed E-state index contributed by atoms with van der Waals surface area (Å²) in [4.78, 5) is 49.3. The van der Waals surface area contributed by atoms with E-state index in [0.717, 1.165) is 0 Å². The van der Waals surface area contributed by atoms with Crippen LogP contribution in [0, 0.1) is 5.82 Å². The molecule has 2 fully saturated rings. The van der Waals surface area contributed by atoms with Crippen LogP contribution in [0.25, 0.3) is 11.1 Å². The lowest BCUT2D eigenvalue weighted by Crippen LogP contribution is -2.50. The fourth-order valence-electron chi connectivity index (χ4n) is 4.04. The molecule has 4 rings (SSSR count). The molecular formula is C25H31FN6O5. The molecule has 0 saturated carbocycles. The van der Waals surface area contributed by atoms with Crippen LogP contribution in [0.15, 0.2) is 30.6 Å². The Hall–Kier alpha value is -3.96. The molecule has 1 aromatic carbocycles. The highest BCUT2D eigenvalue weighted by atomic mass is 19.1. The number of cyclic esters (lactones) is 1. The predicted molar refractivity (Wildman–Crippen MR) is 134 cm³/mol. The van der Waals surface area contributed by atoms with E-state index in [4.69, 9.17) is 9.47 Å². The van der Waals surface area contributed by atoms with E-state index in [9.17, 15) is 14.4 Å². The molecule has 3 heterocycles. The van der Waals surface area contributed by atoms with E-state index in [1.165, 1.54) is 17.9 Å². The van der Waals surface area contributed by atoms with Gasteiger partial charge in [-0.3, -0.25) is 9.69 Å². The third-order valence-corrected chi connectivity index (χ3v) is 5.88. The maximum Gasteiger partial charge on any atom is 0.414 e. The minimum Gasteiger partial charge on any atom is -0.444 e. The van der Waals surface area contributed by atoms with Crippen LogP contribution in [-0.2, 0) is 14.3 Å². The SMILES string of the molecule is CC(=O)NC[C@H]1CN(c2ccc(-c3cnc(N4CCN(C(=O)OC(C)(C)C)CC4)nc3)c(F)c2)C(=O)O1. The number of carbonyl (C=O) groups is 3. The number of carbonyl (C=O) groups excluding carboxylic acids is 3. The monoisotopic (exact) mass is 514 g/mol. The van der Waals surface area contributed by atoms with E-state index < -0.39 is 23.6 Å². The molecule has 198 valence electrons. The second kappa shape index (κ2) is 10.6. The summed E-state index contributed by atoms with van der Waals surface area (Å²) in [6.07, 6.45) is 1.66. The molecule has 0 bridgehead atoms. The lowest BCUT2D eigenvalue weighted by Gasteiger charge is -2.35. The van der Waals surface area contributed by atoms with Crippen LogP contribution < -0.4 is 15.1 Å². The summed E-state index contributed by atoms with van der Waals surface area (Å²) in [5, 5.41) is 2.61. The van der Waals surface area contributed by atoms with Crippen molar-refractivity contribution in [2.24, 2.45) is 0 Å². The Labute approximate surface area is 214 Å². The van der Waals surface area contributed by atoms with Crippen molar-refractivity contribution in [3.63, 3.8) is 0 Å². The van der Waals surface area contributed by atoms with Gasteiger partial charge in [0.05, 0.1) is 18.8 Å². The Morgan fingerprint density at radius 1 is 1.16 bits per heavy atom. The zero-order chi connectivity index (χ0) is 26.7. The van der Waals surface area contributed by atoms with E-state index in [-0.39, 0.29) is 25.1 Å². The number of hydrogen-bond donors (Lipinski definition) is 1. The van der Waals surface area contributed by atoms with E-state index in [1.54, 1.807) is 29.4 Å². The highest BCUT2D eigenvalue weighted by Gasteiger charge is 2.33. The van der Waals surface area contributed by atoms with Gasteiger partial charge in [0.25, 0.3) is 0 Å². The molecular weight excluding hydrogens is 483 g/mol. The van der Waals surface area contributed by atoms with Gasteiger partial charge in [-0.05, 0) is 39.0 Å². The van der Waals surface area contributed by atoms with Crippen molar-refractivity contribution in [3.05, 3.63) is 36.4 Å². The Bertz CT molecular complexity index is 1160. The summed E-state index contributed by atoms with van der Waals surface area (Å²) in [7, 11) is 0. The van der Waals surface area contributed by atoms with E-state index in [2.05, 4.69) is 15.3 Å². The lowest BCUT2D eigenvalue weighted by atomic mass is 10.1. The summed E-state index contributed by atoms with van der Waals surface area (Å²) in [6, 6.07) is 4.46. The van der Waals surface area contributed by atoms with Gasteiger partial charge in [0.1, 0.15) is 17.5 Å². The molecule has 0 spiro atoms. The van der Waals surface area contributed by atoms with Crippen molar-refractivity contribution >= 4 is 29.7 Å². The fraction of sp³-hybridized carbons (Fsp3) is 0.480. The topological polar surface area (TPSA) is 117 Å². The molecule has 1 N–H and O–H groups in total. The normalized spacial score (nSPS) is 18.0. The molecule has 1 atom stereocenters. The molecule has 2 aromatic rings. The third kappa shape index (κ3) is 6.43. The van der Waals surface area contributed by atoms with Gasteiger partial charge in [0.15, 0.2) is 0 Å². The smallest absolute Gasteiger partial charge is 0.414 e. The van der Waals surface area contributed by atoms with Crippen molar-refractivity contribution in [1.29, 1.82) is 0 Å². The number of nitrogens with one attached hydrogen (secondary N) is 1. The first-order valence-corrected chi connectivity index (χ1v) is 12.1. The van der Waals surface area contributed by atoms with Crippen molar-refractivity contribution < 1.29 is 28.2 Å². The van der Waals surface area contributed by atoms with Crippen LogP contribution in [0.5, 0.6) is 0 Å². The van der Waals surface area contributed by atoms with Gasteiger partial charge < -0.3 is 24.6 Å². The first-order valence-electron chi connectivity index (χ1n) is 12.1. The average molecular weight is 515 g/mol. The summed E-state index contributed by atoms with van der Waals surface area (Å²) in [6.45, 7) is 9.35. The molecule has 11 nitrogen and oxygen atoms in total. The van der Waals surface area contributed by atoms with Crippen LogP contribution in [0.1, 0.15) is 27.7 Å². The quantitative estimate of drug-likeness (QED) is 0.648. The lowest BCUT2D eigenvalue weighted by molar-refractivity contribution is -0.119. The second-order valence-electron chi connectivity index (χ2n) is 9.94. The number of hydrogen-bond acceptors (Lipinski definition) is 8. The van der Waals surface area contributed by atoms with Crippen molar-refractivity contribution in [3.8, 4) is 11.1 Å². The number of benzene rings is 1. The Kier molecular flexibility index (Phi) is 7.46. The van der Waals surface area contributed by atoms with Crippen LogP contribution in [0.3, 0.4) is 0 Å². The van der Waals surface area contributed by atoms with E-state index >= 15 is 4.39 Å². The first kappa shape index (κ1) is 26.1. The van der Waals surface area contributed by atoms with Crippen molar-refractivity contribution in [2.75, 3.05) is 49.1 Å². The number of ether oxygens (including phenoxy) is 2. The summed E-state index contributed by atoms with van der Waals surface area (Å²) >= 11 is 0. The molecule has 3 amide bonds. The van der Waals surface area contributed by atoms with E-state index in [1.807, 2.05) is 25.7 Å². The minimum absolute atomic E-state index is 0.192. The van der Waals surface area contributed by atoms with Crippen LogP contribution >= 0.6 is 0 Å². The minimum atomic E-state index is -0.595. The van der Waals surface area contributed by atoms with Gasteiger partial charge in [0, 0.05) is 56.6 Å². The number of nitrogens with zero attached hydrogens (tertiary/aromatic N) is 5. The number of aromatic nitrogens is 2. The van der Waals surface area contributed by atoms with Gasteiger partial charge in [-0.15, -0.1) is 0 Å². The number of rotatable bonds is 5. The van der Waals surface area contributed by atoms with Gasteiger partial charge in [-0.2, -0.15) is 0 Å². The average Bonchev–Trinajstić information content (AvgIpc) is 3.22. The highest BCUT2D eigenvalue weighted by Crippen LogP contribution is 2.29. The van der Waals surface area contributed by atoms with Gasteiger partial charge in [-0.25, -0.2) is 23.9 Å². The standard InChI is InChI=1S/C25H31FN6O5/c1-16(33)27-14-19-15-32(24(35)36-19)18-5-6-20(21(26)11-18)17-12-28-22(29-13-17)30-7-9-31(10-8-30)23(34)37-25(2,3)4/h5-6,11-13,19H,7-10,14-15H2,1-4H3,(H,27,33)/t19-/m0/s1. The first-order chi connectivity index (χ1) is 17.5. The van der Waals surface area contributed by atoms with Gasteiger partial charge >= 0.3 is 12.2 Å². The van der Waals surface area contributed by atoms with Crippen molar-refractivity contribution in [1.82, 2.24) is 20.2 Å². The van der Waals surface area contributed by atoms with E-state index in [0.29, 0.717) is 48.9 Å². The molecule has 2 aliphatic rings. The van der Waals surface area contributed by atoms with Crippen LogP contribution in [0.4, 0.5) is 25.6 Å². The number of amides is 3. The third-order valence-electron chi connectivity index (χ3n) is 5.88. The molecule has 2 aliphatic heterocycles. The number of anilines is 2. The zero-order valence-corrected chi connectivity index (χ0v) is 21.4. The molecule has 2 saturated heterocycles. The van der Waals surface area contributed by atoms with Gasteiger partial charge in [-0.1, -0.05) is 0 Å². The summed E-state index contributed by atoms with van der Waals surface area (Å²) in [5.74, 6) is -0.256. The Morgan fingerprint density at radius 3 is 2.43 bits per heavy atom. The molecule has 37 heavy (non-hydrogen) atoms. The second-order valence-corrected chi connectivity index (χ2v) is 9.94. The van der Waals surface area contributed by atoms with Crippen LogP contribution in [-0.4, -0.2) is 83.9 Å². The summed E-state index contributed by atoms with van der Waals surface area (Å²) in [5.41, 5.74) is 0.603. The maximum atomic E-state index is 15.0. The van der Waals surface area contributed by atoms with Crippen molar-refractivity contribution in [2.45, 2.75) is 39.4 Å².